The summed E-state index contributed by atoms with van der Waals surface area (Å²) in [4.78, 5) is 17.4. The van der Waals surface area contributed by atoms with Gasteiger partial charge in [0.15, 0.2) is 0 Å². The van der Waals surface area contributed by atoms with E-state index in [4.69, 9.17) is 16.3 Å². The van der Waals surface area contributed by atoms with Gasteiger partial charge in [0.1, 0.15) is 17.1 Å². The molecule has 1 atom stereocenters. The second kappa shape index (κ2) is 11.2. The number of nitrogens with zero attached hydrogens (tertiary/aromatic N) is 1. The van der Waals surface area contributed by atoms with Crippen molar-refractivity contribution in [2.45, 2.75) is 24.3 Å². The van der Waals surface area contributed by atoms with Crippen LogP contribution in [0.1, 0.15) is 27.9 Å². The predicted molar refractivity (Wildman–Crippen MR) is 132 cm³/mol. The molecule has 0 spiro atoms. The van der Waals surface area contributed by atoms with Gasteiger partial charge in [0.2, 0.25) is 0 Å². The first-order chi connectivity index (χ1) is 18.8. The second-order valence-electron chi connectivity index (χ2n) is 8.70. The molecule has 0 bridgehead atoms. The van der Waals surface area contributed by atoms with E-state index in [2.05, 4.69) is 10.3 Å². The minimum absolute atomic E-state index is 0.0412. The van der Waals surface area contributed by atoms with Gasteiger partial charge in [0.25, 0.3) is 0 Å². The molecule has 12 heteroatoms. The molecule has 3 aromatic carbocycles. The van der Waals surface area contributed by atoms with Gasteiger partial charge in [0.05, 0.1) is 21.8 Å². The number of rotatable bonds is 6. The second-order valence-corrected chi connectivity index (χ2v) is 9.13. The minimum Gasteiger partial charge on any atom is -0.410 e. The summed E-state index contributed by atoms with van der Waals surface area (Å²) in [7, 11) is 0. The first kappa shape index (κ1) is 28.9. The van der Waals surface area contributed by atoms with Crippen LogP contribution in [-0.2, 0) is 24.3 Å². The molecule has 0 fully saturated rings. The van der Waals surface area contributed by atoms with Crippen molar-refractivity contribution in [1.29, 1.82) is 0 Å². The fourth-order valence-corrected chi connectivity index (χ4v) is 4.21. The molecule has 0 aliphatic heterocycles. The Morgan fingerprint density at radius 2 is 1.48 bits per heavy atom. The summed E-state index contributed by atoms with van der Waals surface area (Å²) in [5.74, 6) is -1.73. The van der Waals surface area contributed by atoms with E-state index in [1.54, 1.807) is 30.3 Å². The molecular formula is C28H18ClF7N2O2. The average Bonchev–Trinajstić information content (AvgIpc) is 2.88. The third-order valence-electron chi connectivity index (χ3n) is 5.88. The maximum atomic E-state index is 14.7. The molecule has 1 heterocycles. The van der Waals surface area contributed by atoms with Gasteiger partial charge < -0.3 is 10.1 Å². The van der Waals surface area contributed by atoms with E-state index in [1.807, 2.05) is 0 Å². The van der Waals surface area contributed by atoms with Crippen molar-refractivity contribution in [2.75, 3.05) is 0 Å². The van der Waals surface area contributed by atoms with Gasteiger partial charge in [0, 0.05) is 12.6 Å². The minimum atomic E-state index is -4.94. The van der Waals surface area contributed by atoms with E-state index in [1.165, 1.54) is 18.3 Å². The fourth-order valence-electron chi connectivity index (χ4n) is 4.09. The summed E-state index contributed by atoms with van der Waals surface area (Å²) in [6.07, 6.45) is -10.1. The molecule has 0 aliphatic rings. The smallest absolute Gasteiger partial charge is 0.410 e. The van der Waals surface area contributed by atoms with Crippen LogP contribution in [0.4, 0.5) is 35.5 Å². The van der Waals surface area contributed by atoms with Gasteiger partial charge in [-0.3, -0.25) is 4.98 Å². The van der Waals surface area contributed by atoms with Crippen LogP contribution in [-0.4, -0.2) is 11.1 Å². The average molecular weight is 583 g/mol. The zero-order chi connectivity index (χ0) is 29.1. The SMILES string of the molecule is O=C(NC(Cc1ccccc1)(c1cc(F)cc(C(F)(F)F)c1)c1ccc(Cl)cn1)Oc1cccc(C(F)(F)F)c1. The summed E-state index contributed by atoms with van der Waals surface area (Å²) in [5, 5.41) is 2.63. The Bertz CT molecular complexity index is 1490. The zero-order valence-electron chi connectivity index (χ0n) is 20.2. The van der Waals surface area contributed by atoms with Crippen LogP contribution in [0, 0.1) is 5.82 Å². The van der Waals surface area contributed by atoms with Crippen LogP contribution < -0.4 is 10.1 Å². The Balaban J connectivity index is 1.88. The van der Waals surface area contributed by atoms with Crippen molar-refractivity contribution in [3.8, 4) is 5.75 Å². The molecule has 1 unspecified atom stereocenters. The molecule has 208 valence electrons. The van der Waals surface area contributed by atoms with Gasteiger partial charge in [-0.15, -0.1) is 0 Å². The lowest BCUT2D eigenvalue weighted by atomic mass is 9.80. The Labute approximate surface area is 228 Å². The standard InChI is InChI=1S/C28H18ClF7N2O2/c29-21-9-10-24(37-16-21)26(15-17-5-2-1-3-6-17,19-11-20(28(34,35)36)13-22(30)12-19)38-25(39)40-23-8-4-7-18(14-23)27(31,32)33/h1-14,16H,15H2,(H,38,39). The van der Waals surface area contributed by atoms with Gasteiger partial charge in [-0.25, -0.2) is 9.18 Å². The quantitative estimate of drug-likeness (QED) is 0.233. The highest BCUT2D eigenvalue weighted by molar-refractivity contribution is 6.30. The monoisotopic (exact) mass is 582 g/mol. The number of carbonyl (C=O) groups is 1. The Hall–Kier alpha value is -4.12. The number of carbonyl (C=O) groups excluding carboxylic acids is 1. The molecule has 1 aromatic heterocycles. The van der Waals surface area contributed by atoms with Crippen LogP contribution >= 0.6 is 11.6 Å². The highest BCUT2D eigenvalue weighted by Crippen LogP contribution is 2.38. The maximum Gasteiger partial charge on any atom is 0.416 e. The van der Waals surface area contributed by atoms with Crippen molar-refractivity contribution in [3.63, 3.8) is 0 Å². The highest BCUT2D eigenvalue weighted by atomic mass is 35.5. The number of ether oxygens (including phenoxy) is 1. The number of hydrogen-bond acceptors (Lipinski definition) is 3. The van der Waals surface area contributed by atoms with Gasteiger partial charge in [-0.1, -0.05) is 48.0 Å². The summed E-state index contributed by atoms with van der Waals surface area (Å²) >= 11 is 5.97. The number of aromatic nitrogens is 1. The first-order valence-electron chi connectivity index (χ1n) is 11.5. The topological polar surface area (TPSA) is 51.2 Å². The molecule has 4 aromatic rings. The summed E-state index contributed by atoms with van der Waals surface area (Å²) in [5.41, 5.74) is -4.31. The van der Waals surface area contributed by atoms with Crippen LogP contribution in [0.25, 0.3) is 0 Å². The largest absolute Gasteiger partial charge is 0.416 e. The van der Waals surface area contributed by atoms with Crippen LogP contribution in [0.3, 0.4) is 0 Å². The van der Waals surface area contributed by atoms with E-state index in [0.29, 0.717) is 23.8 Å². The first-order valence-corrected chi connectivity index (χ1v) is 11.9. The number of amides is 1. The molecule has 1 N–H and O–H groups in total. The molecule has 1 amide bonds. The fraction of sp³-hybridized carbons (Fsp3) is 0.143. The van der Waals surface area contributed by atoms with E-state index >= 15 is 0 Å². The van der Waals surface area contributed by atoms with Crippen LogP contribution in [0.15, 0.2) is 91.1 Å². The predicted octanol–water partition coefficient (Wildman–Crippen LogP) is 8.19. The van der Waals surface area contributed by atoms with E-state index < -0.39 is 46.7 Å². The number of nitrogens with one attached hydrogen (secondary N) is 1. The van der Waals surface area contributed by atoms with E-state index in [-0.39, 0.29) is 22.7 Å². The lowest BCUT2D eigenvalue weighted by Gasteiger charge is -2.35. The highest BCUT2D eigenvalue weighted by Gasteiger charge is 2.41. The third-order valence-corrected chi connectivity index (χ3v) is 6.11. The molecule has 0 aliphatic carbocycles. The lowest BCUT2D eigenvalue weighted by Crippen LogP contribution is -2.50. The Morgan fingerprint density at radius 1 is 0.800 bits per heavy atom. The van der Waals surface area contributed by atoms with Crippen LogP contribution in [0.2, 0.25) is 5.02 Å². The van der Waals surface area contributed by atoms with Crippen molar-refractivity contribution in [3.05, 3.63) is 130 Å². The zero-order valence-corrected chi connectivity index (χ0v) is 20.9. The van der Waals surface area contributed by atoms with E-state index in [0.717, 1.165) is 24.3 Å². The summed E-state index contributed by atoms with van der Waals surface area (Å²) in [6.45, 7) is 0. The number of halogens is 8. The molecular weight excluding hydrogens is 565 g/mol. The lowest BCUT2D eigenvalue weighted by molar-refractivity contribution is -0.138. The summed E-state index contributed by atoms with van der Waals surface area (Å²) < 4.78 is 100. The number of pyridine rings is 1. The Morgan fingerprint density at radius 3 is 2.10 bits per heavy atom. The van der Waals surface area contributed by atoms with Gasteiger partial charge >= 0.3 is 18.4 Å². The molecule has 4 rings (SSSR count). The molecule has 4 nitrogen and oxygen atoms in total. The van der Waals surface area contributed by atoms with Crippen molar-refractivity contribution in [1.82, 2.24) is 10.3 Å². The van der Waals surface area contributed by atoms with Crippen molar-refractivity contribution < 1.29 is 40.3 Å². The maximum absolute atomic E-state index is 14.7. The number of benzene rings is 3. The molecule has 0 saturated carbocycles. The normalized spacial score (nSPS) is 13.4. The van der Waals surface area contributed by atoms with Crippen molar-refractivity contribution in [2.24, 2.45) is 0 Å². The number of hydrogen-bond donors (Lipinski definition) is 1. The number of alkyl halides is 6. The summed E-state index contributed by atoms with van der Waals surface area (Å²) in [6, 6.07) is 16.1. The molecule has 0 saturated heterocycles. The Kier molecular flexibility index (Phi) is 8.06. The van der Waals surface area contributed by atoms with Crippen molar-refractivity contribution >= 4 is 17.7 Å². The van der Waals surface area contributed by atoms with Gasteiger partial charge in [-0.05, 0) is 59.7 Å². The molecule has 40 heavy (non-hydrogen) atoms. The third kappa shape index (κ3) is 6.71. The van der Waals surface area contributed by atoms with Crippen LogP contribution in [0.5, 0.6) is 5.75 Å². The molecule has 0 radical (unpaired) electrons. The van der Waals surface area contributed by atoms with Gasteiger partial charge in [-0.2, -0.15) is 26.3 Å². The van der Waals surface area contributed by atoms with E-state index in [9.17, 15) is 35.5 Å².